The molecule has 2 bridgehead atoms. The maximum Gasteiger partial charge on any atom is 1.00 e. The number of rotatable bonds is 0. The van der Waals surface area contributed by atoms with Gasteiger partial charge in [0, 0.05) is 0 Å². The van der Waals surface area contributed by atoms with E-state index in [9.17, 15) is 0 Å². The summed E-state index contributed by atoms with van der Waals surface area (Å²) in [6.45, 7) is 0.977. The summed E-state index contributed by atoms with van der Waals surface area (Å²) in [6.07, 6.45) is 0.519. The van der Waals surface area contributed by atoms with Gasteiger partial charge in [0.05, 0.1) is 0 Å². The van der Waals surface area contributed by atoms with Gasteiger partial charge < -0.3 is 16.0 Å². The predicted molar refractivity (Wildman–Crippen MR) is 22.3 cm³/mol. The molecule has 3 fully saturated rings. The zero-order valence-corrected chi connectivity index (χ0v) is 15.1. The third kappa shape index (κ3) is 2.52. The van der Waals surface area contributed by atoms with E-state index in [1.54, 1.807) is 0 Å². The molecule has 0 radical (unpaired) electrons. The van der Waals surface area contributed by atoms with E-state index in [-0.39, 0.29) is 123 Å². The minimum Gasteiger partial charge on any atom is -0.680 e. The molecule has 8 heavy (non-hydrogen) atoms. The molecule has 0 aromatic heterocycles. The Morgan fingerprint density at radius 1 is 1.25 bits per heavy atom. The van der Waals surface area contributed by atoms with Gasteiger partial charge in [-0.25, -0.2) is 6.17 Å². The number of hydrogen-bond donors (Lipinski definition) is 1. The minimum atomic E-state index is 0. The second-order valence-corrected chi connectivity index (χ2v) is 1.56. The summed E-state index contributed by atoms with van der Waals surface area (Å²) >= 11 is 0. The molecule has 0 amide bonds. The molecule has 3 heterocycles. The van der Waals surface area contributed by atoms with Gasteiger partial charge in [-0.1, -0.05) is 0 Å². The zero-order valence-electron chi connectivity index (χ0n) is 5.26. The third-order valence-electron chi connectivity index (χ3n) is 1.11. The first-order valence-corrected chi connectivity index (χ1v) is 2.08. The first-order chi connectivity index (χ1) is 2.95. The van der Waals surface area contributed by atoms with Crippen LogP contribution in [0.25, 0.3) is 10.6 Å². The predicted octanol–water partition coefficient (Wildman–Crippen LogP) is -6.03. The fraction of sp³-hybridized carbons (Fsp3) is 1.00. The molecule has 0 aromatic carbocycles. The van der Waals surface area contributed by atoms with Crippen LogP contribution in [0.3, 0.4) is 0 Å². The van der Waals surface area contributed by atoms with Gasteiger partial charge in [0.15, 0.2) is 0 Å². The van der Waals surface area contributed by atoms with Crippen molar-refractivity contribution >= 4 is 0 Å². The Bertz CT molecular complexity index is 59.4. The Morgan fingerprint density at radius 2 is 1.88 bits per heavy atom. The van der Waals surface area contributed by atoms with Gasteiger partial charge in [-0.2, -0.15) is 6.29 Å². The van der Waals surface area contributed by atoms with E-state index < -0.39 is 0 Å². The molecule has 0 aliphatic carbocycles. The molecule has 1 N–H and O–H groups in total. The molecule has 3 rings (SSSR count). The summed E-state index contributed by atoms with van der Waals surface area (Å²) in [6, 6.07) is 0. The van der Waals surface area contributed by atoms with Crippen molar-refractivity contribution in [3.05, 3.63) is 10.6 Å². The van der Waals surface area contributed by atoms with Crippen LogP contribution in [0.5, 0.6) is 0 Å². The van der Waals surface area contributed by atoms with Gasteiger partial charge in [-0.3, -0.25) is 0 Å². The molecule has 5 heteroatoms. The fourth-order valence-electron chi connectivity index (χ4n) is 0.755. The van der Waals surface area contributed by atoms with Gasteiger partial charge >= 0.3 is 116 Å². The maximum absolute atomic E-state index is 4.06. The van der Waals surface area contributed by atoms with Crippen molar-refractivity contribution in [2.45, 2.75) is 12.5 Å². The summed E-state index contributed by atoms with van der Waals surface area (Å²) in [5, 5.41) is 11.2. The number of nitrogens with zero attached hydrogens (tertiary/aromatic N) is 2. The summed E-state index contributed by atoms with van der Waals surface area (Å²) < 4.78 is 0. The van der Waals surface area contributed by atoms with Crippen molar-refractivity contribution in [2.75, 3.05) is 6.54 Å². The number of fused-ring (bicyclic) bond motifs is 1. The topological polar surface area (TPSA) is 40.2 Å². The molecule has 0 atom stereocenters. The van der Waals surface area contributed by atoms with E-state index in [1.807, 2.05) is 0 Å². The normalized spacial score (nSPS) is 39.0. The average Bonchev–Trinajstić information content (AvgIpc) is 1.72. The van der Waals surface area contributed by atoms with Crippen LogP contribution in [-0.2, 0) is 0 Å². The van der Waals surface area contributed by atoms with E-state index in [0.717, 1.165) is 6.54 Å². The van der Waals surface area contributed by atoms with Gasteiger partial charge in [-0.15, -0.1) is 0 Å². The largest absolute Gasteiger partial charge is 1.00 e. The Hall–Kier alpha value is 3.49. The first kappa shape index (κ1) is 11.5. The van der Waals surface area contributed by atoms with Crippen molar-refractivity contribution in [1.82, 2.24) is 5.32 Å². The van der Waals surface area contributed by atoms with Crippen LogP contribution >= 0.6 is 0 Å². The minimum absolute atomic E-state index is 0. The average molecular weight is 254 g/mol. The second-order valence-electron chi connectivity index (χ2n) is 1.56. The monoisotopic (exact) mass is 253 g/mol. The SMILES string of the molecule is C1NC2[N-]C1[N-]2.[Rb+].[Rb+]. The van der Waals surface area contributed by atoms with Gasteiger partial charge in [0.2, 0.25) is 0 Å². The van der Waals surface area contributed by atoms with Crippen molar-refractivity contribution < 1.29 is 116 Å². The quantitative estimate of drug-likeness (QED) is 0.459. The Morgan fingerprint density at radius 3 is 2.00 bits per heavy atom. The molecular formula is C3H5N3Rb2. The van der Waals surface area contributed by atoms with Crippen molar-refractivity contribution in [3.63, 3.8) is 0 Å². The van der Waals surface area contributed by atoms with Crippen LogP contribution in [0.2, 0.25) is 0 Å². The van der Waals surface area contributed by atoms with Crippen molar-refractivity contribution in [1.29, 1.82) is 0 Å². The van der Waals surface area contributed by atoms with E-state index in [1.165, 1.54) is 0 Å². The summed E-state index contributed by atoms with van der Waals surface area (Å²) in [5.41, 5.74) is 0. The molecule has 34 valence electrons. The molecule has 3 nitrogen and oxygen atoms in total. The number of nitrogens with one attached hydrogen (secondary N) is 1. The van der Waals surface area contributed by atoms with Gasteiger partial charge in [-0.05, 0) is 6.54 Å². The van der Waals surface area contributed by atoms with Crippen molar-refractivity contribution in [3.8, 4) is 0 Å². The number of hydrogen-bond acceptors (Lipinski definition) is 1. The maximum atomic E-state index is 4.06. The van der Waals surface area contributed by atoms with Gasteiger partial charge in [0.25, 0.3) is 0 Å². The van der Waals surface area contributed by atoms with E-state index in [4.69, 9.17) is 0 Å². The van der Waals surface area contributed by atoms with Crippen LogP contribution in [0, 0.1) is 0 Å². The standard InChI is InChI=1S/C3H5N3.2Rb/c1-2-5-3(4-1)6-2;;/h2-4H,1H2;;/q-2;2*+1. The Balaban J connectivity index is 0.000000245. The molecule has 3 aliphatic rings. The smallest absolute Gasteiger partial charge is 0.680 e. The second kappa shape index (κ2) is 5.19. The molecule has 0 unspecified atom stereocenters. The third-order valence-corrected chi connectivity index (χ3v) is 1.11. The zero-order chi connectivity index (χ0) is 3.98. The molecule has 0 spiro atoms. The van der Waals surface area contributed by atoms with E-state index >= 15 is 0 Å². The van der Waals surface area contributed by atoms with Crippen LogP contribution < -0.4 is 122 Å². The summed E-state index contributed by atoms with van der Waals surface area (Å²) in [7, 11) is 0. The molecule has 0 aromatic rings. The summed E-state index contributed by atoms with van der Waals surface area (Å²) in [5.74, 6) is 0. The van der Waals surface area contributed by atoms with E-state index in [0.29, 0.717) is 6.17 Å². The summed E-state index contributed by atoms with van der Waals surface area (Å²) in [4.78, 5) is 0. The fourth-order valence-corrected chi connectivity index (χ4v) is 0.755. The first-order valence-electron chi connectivity index (χ1n) is 2.08. The van der Waals surface area contributed by atoms with Crippen molar-refractivity contribution in [2.24, 2.45) is 0 Å². The molecule has 0 saturated carbocycles. The van der Waals surface area contributed by atoms with E-state index in [2.05, 4.69) is 16.0 Å². The molecular weight excluding hydrogens is 249 g/mol. The van der Waals surface area contributed by atoms with Crippen LogP contribution in [0.15, 0.2) is 0 Å². The Labute approximate surface area is 147 Å². The van der Waals surface area contributed by atoms with Crippen LogP contribution in [-0.4, -0.2) is 19.0 Å². The molecule has 3 aliphatic heterocycles. The van der Waals surface area contributed by atoms with Crippen LogP contribution in [0.4, 0.5) is 0 Å². The van der Waals surface area contributed by atoms with Gasteiger partial charge in [0.1, 0.15) is 0 Å². The Kier molecular flexibility index (Phi) is 7.46. The molecule has 3 saturated heterocycles. The van der Waals surface area contributed by atoms with Crippen LogP contribution in [0.1, 0.15) is 0 Å².